The Morgan fingerprint density at radius 1 is 1.03 bits per heavy atom. The third-order valence-electron chi connectivity index (χ3n) is 5.70. The van der Waals surface area contributed by atoms with Gasteiger partial charge in [0, 0.05) is 18.0 Å². The van der Waals surface area contributed by atoms with E-state index in [9.17, 15) is 4.79 Å². The number of amides is 1. The number of pyridine rings is 1. The zero-order valence-electron chi connectivity index (χ0n) is 17.8. The fraction of sp³-hybridized carbons (Fsp3) is 0.360. The average Bonchev–Trinajstić information content (AvgIpc) is 2.72. The van der Waals surface area contributed by atoms with Crippen LogP contribution >= 0.6 is 0 Å². The number of nitrogens with one attached hydrogen (secondary N) is 1. The highest BCUT2D eigenvalue weighted by molar-refractivity contribution is 6.89. The predicted octanol–water partition coefficient (Wildman–Crippen LogP) is 5.99. The van der Waals surface area contributed by atoms with Gasteiger partial charge >= 0.3 is 0 Å². The lowest BCUT2D eigenvalue weighted by atomic mass is 10.00. The second kappa shape index (κ2) is 9.84. The smallest absolute Gasteiger partial charge is 0.224 e. The monoisotopic (exact) mass is 404 g/mol. The second-order valence-electron chi connectivity index (χ2n) is 8.60. The summed E-state index contributed by atoms with van der Waals surface area (Å²) in [5.41, 5.74) is 1.66. The number of rotatable bonds is 9. The standard InChI is InChI=1S/C25H32N2OSi/c1-4-5-11-20(19-29(2,3)22-14-7-6-8-15-22)18-24(28)27-23-16-9-12-21-13-10-17-26-25(21)23/h6-10,12-17,20H,4-5,11,18-19H2,1-3H3,(H,27,28). The number of anilines is 1. The van der Waals surface area contributed by atoms with Crippen molar-refractivity contribution in [3.63, 3.8) is 0 Å². The molecule has 3 rings (SSSR count). The van der Waals surface area contributed by atoms with E-state index in [4.69, 9.17) is 0 Å². The Hall–Kier alpha value is -2.46. The zero-order chi connectivity index (χ0) is 20.7. The van der Waals surface area contributed by atoms with E-state index in [0.29, 0.717) is 12.3 Å². The number of aromatic nitrogens is 1. The molecule has 29 heavy (non-hydrogen) atoms. The number of fused-ring (bicyclic) bond motifs is 1. The Labute approximate surface area is 175 Å². The SMILES string of the molecule is CCCCC(CC(=O)Nc1cccc2cccnc12)C[Si](C)(C)c1ccccc1. The van der Waals surface area contributed by atoms with Crippen molar-refractivity contribution in [2.24, 2.45) is 5.92 Å². The number of carbonyl (C=O) groups is 1. The second-order valence-corrected chi connectivity index (χ2v) is 13.3. The maximum Gasteiger partial charge on any atom is 0.224 e. The third kappa shape index (κ3) is 5.77. The van der Waals surface area contributed by atoms with E-state index in [1.807, 2.05) is 30.3 Å². The van der Waals surface area contributed by atoms with Crippen LogP contribution in [0.15, 0.2) is 66.9 Å². The van der Waals surface area contributed by atoms with E-state index < -0.39 is 8.07 Å². The van der Waals surface area contributed by atoms with Gasteiger partial charge in [0.1, 0.15) is 0 Å². The first kappa shape index (κ1) is 21.3. The van der Waals surface area contributed by atoms with Crippen molar-refractivity contribution in [2.75, 3.05) is 5.32 Å². The van der Waals surface area contributed by atoms with Crippen molar-refractivity contribution in [1.82, 2.24) is 4.98 Å². The van der Waals surface area contributed by atoms with E-state index in [-0.39, 0.29) is 5.91 Å². The zero-order valence-corrected chi connectivity index (χ0v) is 18.8. The number of hydrogen-bond donors (Lipinski definition) is 1. The van der Waals surface area contributed by atoms with Crippen LogP contribution in [0.1, 0.15) is 32.6 Å². The molecular formula is C25H32N2OSi. The van der Waals surface area contributed by atoms with Gasteiger partial charge in [-0.3, -0.25) is 9.78 Å². The Morgan fingerprint density at radius 2 is 1.79 bits per heavy atom. The molecule has 0 aliphatic rings. The predicted molar refractivity (Wildman–Crippen MR) is 126 cm³/mol. The molecule has 0 spiro atoms. The minimum atomic E-state index is -1.59. The van der Waals surface area contributed by atoms with Gasteiger partial charge in [-0.05, 0) is 18.1 Å². The van der Waals surface area contributed by atoms with Crippen LogP contribution in [0.4, 0.5) is 5.69 Å². The van der Waals surface area contributed by atoms with Gasteiger partial charge in [0.15, 0.2) is 0 Å². The summed E-state index contributed by atoms with van der Waals surface area (Å²) in [7, 11) is -1.59. The minimum absolute atomic E-state index is 0.0992. The van der Waals surface area contributed by atoms with Crippen LogP contribution in [0.25, 0.3) is 10.9 Å². The van der Waals surface area contributed by atoms with Crippen molar-refractivity contribution >= 4 is 35.8 Å². The van der Waals surface area contributed by atoms with Gasteiger partial charge in [0.2, 0.25) is 5.91 Å². The summed E-state index contributed by atoms with van der Waals surface area (Å²) >= 11 is 0. The highest BCUT2D eigenvalue weighted by atomic mass is 28.3. The molecule has 3 nitrogen and oxygen atoms in total. The van der Waals surface area contributed by atoms with Crippen LogP contribution in [0.2, 0.25) is 19.1 Å². The molecule has 0 aliphatic carbocycles. The molecule has 0 fully saturated rings. The molecule has 4 heteroatoms. The molecule has 1 amide bonds. The molecule has 0 aliphatic heterocycles. The summed E-state index contributed by atoms with van der Waals surface area (Å²) in [6.45, 7) is 7.07. The normalized spacial score (nSPS) is 12.7. The van der Waals surface area contributed by atoms with Crippen molar-refractivity contribution in [3.8, 4) is 0 Å². The van der Waals surface area contributed by atoms with Crippen LogP contribution in [0, 0.1) is 5.92 Å². The third-order valence-corrected chi connectivity index (χ3v) is 9.20. The number of benzene rings is 2. The topological polar surface area (TPSA) is 42.0 Å². The lowest BCUT2D eigenvalue weighted by molar-refractivity contribution is -0.117. The summed E-state index contributed by atoms with van der Waals surface area (Å²) < 4.78 is 0. The molecule has 0 saturated carbocycles. The summed E-state index contributed by atoms with van der Waals surface area (Å²) in [6.07, 6.45) is 5.80. The fourth-order valence-corrected chi connectivity index (χ4v) is 7.29. The van der Waals surface area contributed by atoms with Gasteiger partial charge in [-0.1, -0.05) is 99.0 Å². The van der Waals surface area contributed by atoms with E-state index in [1.54, 1.807) is 6.20 Å². The number of para-hydroxylation sites is 1. The quantitative estimate of drug-likeness (QED) is 0.445. The summed E-state index contributed by atoms with van der Waals surface area (Å²) in [6, 6.07) is 21.9. The molecule has 152 valence electrons. The molecule has 1 atom stereocenters. The highest BCUT2D eigenvalue weighted by Gasteiger charge is 2.28. The summed E-state index contributed by atoms with van der Waals surface area (Å²) in [5.74, 6) is 0.516. The van der Waals surface area contributed by atoms with E-state index >= 15 is 0 Å². The average molecular weight is 405 g/mol. The van der Waals surface area contributed by atoms with Crippen molar-refractivity contribution in [3.05, 3.63) is 66.9 Å². The van der Waals surface area contributed by atoms with Gasteiger partial charge in [-0.2, -0.15) is 0 Å². The van der Waals surface area contributed by atoms with Crippen molar-refractivity contribution in [2.45, 2.75) is 51.7 Å². The molecule has 0 bridgehead atoms. The molecule has 3 aromatic rings. The van der Waals surface area contributed by atoms with Crippen LogP contribution in [-0.4, -0.2) is 19.0 Å². The van der Waals surface area contributed by atoms with E-state index in [0.717, 1.165) is 29.1 Å². The Kier molecular flexibility index (Phi) is 7.21. The van der Waals surface area contributed by atoms with Crippen LogP contribution < -0.4 is 10.5 Å². The van der Waals surface area contributed by atoms with Gasteiger partial charge in [0.05, 0.1) is 19.3 Å². The number of carbonyl (C=O) groups excluding carboxylic acids is 1. The molecule has 2 aromatic carbocycles. The highest BCUT2D eigenvalue weighted by Crippen LogP contribution is 2.27. The van der Waals surface area contributed by atoms with Crippen molar-refractivity contribution < 1.29 is 4.79 Å². The number of hydrogen-bond acceptors (Lipinski definition) is 2. The van der Waals surface area contributed by atoms with E-state index in [1.165, 1.54) is 18.0 Å². The Bertz CT molecular complexity index is 934. The molecule has 1 heterocycles. The van der Waals surface area contributed by atoms with Crippen LogP contribution in [0.5, 0.6) is 0 Å². The first-order valence-corrected chi connectivity index (χ1v) is 13.9. The van der Waals surface area contributed by atoms with Crippen LogP contribution in [-0.2, 0) is 4.79 Å². The first-order valence-electron chi connectivity index (χ1n) is 10.7. The maximum absolute atomic E-state index is 12.9. The molecule has 1 unspecified atom stereocenters. The molecular weight excluding hydrogens is 372 g/mol. The van der Waals surface area contributed by atoms with Crippen molar-refractivity contribution in [1.29, 1.82) is 0 Å². The first-order chi connectivity index (χ1) is 14.0. The molecule has 0 radical (unpaired) electrons. The number of unbranched alkanes of at least 4 members (excludes halogenated alkanes) is 1. The Balaban J connectivity index is 1.71. The maximum atomic E-state index is 12.9. The minimum Gasteiger partial charge on any atom is -0.324 e. The summed E-state index contributed by atoms with van der Waals surface area (Å²) in [4.78, 5) is 17.4. The molecule has 1 aromatic heterocycles. The van der Waals surface area contributed by atoms with Crippen LogP contribution in [0.3, 0.4) is 0 Å². The summed E-state index contributed by atoms with van der Waals surface area (Å²) in [5, 5.41) is 5.65. The number of nitrogens with zero attached hydrogens (tertiary/aromatic N) is 1. The lowest BCUT2D eigenvalue weighted by Crippen LogP contribution is -2.43. The fourth-order valence-electron chi connectivity index (χ4n) is 4.17. The largest absolute Gasteiger partial charge is 0.324 e. The van der Waals surface area contributed by atoms with Gasteiger partial charge < -0.3 is 5.32 Å². The van der Waals surface area contributed by atoms with Gasteiger partial charge in [-0.15, -0.1) is 0 Å². The molecule has 0 saturated heterocycles. The van der Waals surface area contributed by atoms with Gasteiger partial charge in [-0.25, -0.2) is 0 Å². The lowest BCUT2D eigenvalue weighted by Gasteiger charge is -2.28. The molecule has 1 N–H and O–H groups in total. The Morgan fingerprint density at radius 3 is 2.55 bits per heavy atom. The van der Waals surface area contributed by atoms with E-state index in [2.05, 4.69) is 60.7 Å². The van der Waals surface area contributed by atoms with Gasteiger partial charge in [0.25, 0.3) is 0 Å².